The molecule has 0 rings (SSSR count). The molecule has 0 aromatic carbocycles. The minimum atomic E-state index is -1.52. The molecule has 0 aliphatic carbocycles. The molecular formula is C4H6FIO2. The van der Waals surface area contributed by atoms with Gasteiger partial charge in [-0.1, -0.05) is 0 Å². The van der Waals surface area contributed by atoms with Crippen LogP contribution in [0.25, 0.3) is 0 Å². The second-order valence-electron chi connectivity index (χ2n) is 1.05. The Kier molecular flexibility index (Phi) is 4.12. The first-order chi connectivity index (χ1) is 3.68. The Morgan fingerprint density at radius 2 is 2.50 bits per heavy atom. The minimum absolute atomic E-state index is 0.238. The zero-order valence-electron chi connectivity index (χ0n) is 4.36. The van der Waals surface area contributed by atoms with Crippen molar-refractivity contribution in [3.05, 3.63) is 0 Å². The summed E-state index contributed by atoms with van der Waals surface area (Å²) in [6.45, 7) is 1.87. The number of ether oxygens (including phenoxy) is 1. The molecule has 48 valence electrons. The van der Waals surface area contributed by atoms with Crippen molar-refractivity contribution in [2.45, 2.75) is 11.1 Å². The van der Waals surface area contributed by atoms with Crippen molar-refractivity contribution in [3.63, 3.8) is 0 Å². The summed E-state index contributed by atoms with van der Waals surface area (Å²) in [6.07, 6.45) is 0. The highest BCUT2D eigenvalue weighted by Crippen LogP contribution is 2.02. The average Bonchev–Trinajstić information content (AvgIpc) is 1.67. The molecule has 0 fully saturated rings. The van der Waals surface area contributed by atoms with Crippen LogP contribution in [0, 0.1) is 0 Å². The lowest BCUT2D eigenvalue weighted by Gasteiger charge is -1.97. The highest BCUT2D eigenvalue weighted by Gasteiger charge is 2.11. The first-order valence-corrected chi connectivity index (χ1v) is 3.37. The lowest BCUT2D eigenvalue weighted by Crippen LogP contribution is -2.11. The van der Waals surface area contributed by atoms with Gasteiger partial charge in [-0.3, -0.25) is 0 Å². The van der Waals surface area contributed by atoms with Crippen LogP contribution in [0.15, 0.2) is 0 Å². The van der Waals surface area contributed by atoms with Gasteiger partial charge in [0.15, 0.2) is 0 Å². The van der Waals surface area contributed by atoms with Gasteiger partial charge in [0.2, 0.25) is 4.18 Å². The normalized spacial score (nSPS) is 12.9. The maximum absolute atomic E-state index is 11.8. The van der Waals surface area contributed by atoms with Crippen LogP contribution in [0.3, 0.4) is 0 Å². The van der Waals surface area contributed by atoms with Gasteiger partial charge in [-0.25, -0.2) is 9.18 Å². The molecule has 0 aromatic heterocycles. The summed E-state index contributed by atoms with van der Waals surface area (Å²) in [5.41, 5.74) is 0. The summed E-state index contributed by atoms with van der Waals surface area (Å²) in [5, 5.41) is 0. The molecule has 0 saturated carbocycles. The van der Waals surface area contributed by atoms with Crippen LogP contribution in [0.5, 0.6) is 0 Å². The number of hydrogen-bond acceptors (Lipinski definition) is 2. The highest BCUT2D eigenvalue weighted by molar-refractivity contribution is 14.1. The molecular weight excluding hydrogens is 226 g/mol. The van der Waals surface area contributed by atoms with Crippen LogP contribution in [0.2, 0.25) is 0 Å². The van der Waals surface area contributed by atoms with E-state index < -0.39 is 10.1 Å². The molecule has 1 unspecified atom stereocenters. The predicted octanol–water partition coefficient (Wildman–Crippen LogP) is 1.28. The minimum Gasteiger partial charge on any atom is -0.463 e. The zero-order valence-corrected chi connectivity index (χ0v) is 6.51. The number of carbonyl (C=O) groups excluding carboxylic acids is 1. The van der Waals surface area contributed by atoms with Crippen molar-refractivity contribution in [3.8, 4) is 0 Å². The molecule has 0 heterocycles. The van der Waals surface area contributed by atoms with E-state index in [1.165, 1.54) is 22.6 Å². The quantitative estimate of drug-likeness (QED) is 0.407. The van der Waals surface area contributed by atoms with Gasteiger partial charge >= 0.3 is 5.97 Å². The molecule has 0 bridgehead atoms. The van der Waals surface area contributed by atoms with Gasteiger partial charge < -0.3 is 4.74 Å². The van der Waals surface area contributed by atoms with Gasteiger partial charge in [0.25, 0.3) is 0 Å². The molecule has 2 nitrogen and oxygen atoms in total. The van der Waals surface area contributed by atoms with Crippen LogP contribution in [0.4, 0.5) is 4.39 Å². The topological polar surface area (TPSA) is 26.3 Å². The fraction of sp³-hybridized carbons (Fsp3) is 0.750. The number of carbonyl (C=O) groups is 1. The van der Waals surface area contributed by atoms with Gasteiger partial charge in [0, 0.05) is 0 Å². The molecule has 0 amide bonds. The fourth-order valence-corrected chi connectivity index (χ4v) is 0.385. The second kappa shape index (κ2) is 4.05. The van der Waals surface area contributed by atoms with Crippen LogP contribution in [-0.4, -0.2) is 16.8 Å². The average molecular weight is 232 g/mol. The summed E-state index contributed by atoms with van der Waals surface area (Å²) in [4.78, 5) is 10.1. The lowest BCUT2D eigenvalue weighted by atomic mass is 10.7. The molecule has 1 atom stereocenters. The Balaban J connectivity index is 3.33. The first-order valence-electron chi connectivity index (χ1n) is 2.13. The summed E-state index contributed by atoms with van der Waals surface area (Å²) in [6, 6.07) is 0. The molecule has 0 spiro atoms. The molecule has 0 radical (unpaired) electrons. The zero-order chi connectivity index (χ0) is 6.57. The molecule has 0 aliphatic heterocycles. The van der Waals surface area contributed by atoms with Crippen molar-refractivity contribution in [1.29, 1.82) is 0 Å². The van der Waals surface area contributed by atoms with E-state index in [0.29, 0.717) is 0 Å². The monoisotopic (exact) mass is 232 g/mol. The number of alkyl halides is 2. The van der Waals surface area contributed by atoms with E-state index in [1.54, 1.807) is 6.92 Å². The van der Waals surface area contributed by atoms with E-state index >= 15 is 0 Å². The third-order valence-corrected chi connectivity index (χ3v) is 0.973. The van der Waals surface area contributed by atoms with E-state index in [2.05, 4.69) is 4.74 Å². The smallest absolute Gasteiger partial charge is 0.351 e. The maximum atomic E-state index is 11.8. The molecule has 0 aliphatic rings. The molecule has 8 heavy (non-hydrogen) atoms. The van der Waals surface area contributed by atoms with Gasteiger partial charge in [-0.2, -0.15) is 0 Å². The third kappa shape index (κ3) is 3.17. The van der Waals surface area contributed by atoms with Gasteiger partial charge in [0.05, 0.1) is 6.61 Å². The second-order valence-corrected chi connectivity index (χ2v) is 2.15. The van der Waals surface area contributed by atoms with Crippen molar-refractivity contribution < 1.29 is 13.9 Å². The molecule has 0 saturated heterocycles. The van der Waals surface area contributed by atoms with E-state index in [1.807, 2.05) is 0 Å². The van der Waals surface area contributed by atoms with Gasteiger partial charge in [-0.15, -0.1) is 0 Å². The lowest BCUT2D eigenvalue weighted by molar-refractivity contribution is -0.144. The maximum Gasteiger partial charge on any atom is 0.351 e. The summed E-state index contributed by atoms with van der Waals surface area (Å²) in [7, 11) is 0. The van der Waals surface area contributed by atoms with Crippen LogP contribution in [0.1, 0.15) is 6.92 Å². The number of rotatable bonds is 2. The van der Waals surface area contributed by atoms with E-state index in [-0.39, 0.29) is 6.61 Å². The summed E-state index contributed by atoms with van der Waals surface area (Å²) in [5.74, 6) is -0.798. The van der Waals surface area contributed by atoms with Gasteiger partial charge in [0.1, 0.15) is 0 Å². The van der Waals surface area contributed by atoms with Crippen molar-refractivity contribution in [2.24, 2.45) is 0 Å². The van der Waals surface area contributed by atoms with E-state index in [0.717, 1.165) is 0 Å². The van der Waals surface area contributed by atoms with Crippen LogP contribution < -0.4 is 0 Å². The highest BCUT2D eigenvalue weighted by atomic mass is 127. The van der Waals surface area contributed by atoms with E-state index in [4.69, 9.17) is 0 Å². The summed E-state index contributed by atoms with van der Waals surface area (Å²) < 4.78 is 14.6. The third-order valence-electron chi connectivity index (χ3n) is 0.465. The molecule has 0 N–H and O–H groups in total. The van der Waals surface area contributed by atoms with Crippen molar-refractivity contribution in [1.82, 2.24) is 0 Å². The Labute approximate surface area is 60.5 Å². The number of halogens is 2. The largest absolute Gasteiger partial charge is 0.463 e. The first kappa shape index (κ1) is 8.13. The van der Waals surface area contributed by atoms with Gasteiger partial charge in [-0.05, 0) is 29.5 Å². The molecule has 4 heteroatoms. The predicted molar refractivity (Wildman–Crippen MR) is 35.5 cm³/mol. The van der Waals surface area contributed by atoms with Crippen molar-refractivity contribution in [2.75, 3.05) is 6.61 Å². The standard InChI is InChI=1S/C4H6FIO2/c1-2-8-4(7)3(5)6/h3H,2H2,1H3. The van der Waals surface area contributed by atoms with Crippen molar-refractivity contribution >= 4 is 28.6 Å². The number of esters is 1. The Hall–Kier alpha value is 0.130. The fourth-order valence-electron chi connectivity index (χ4n) is 0.205. The Morgan fingerprint density at radius 3 is 2.62 bits per heavy atom. The van der Waals surface area contributed by atoms with E-state index in [9.17, 15) is 9.18 Å². The van der Waals surface area contributed by atoms with Crippen LogP contribution >= 0.6 is 22.6 Å². The molecule has 0 aromatic rings. The Morgan fingerprint density at radius 1 is 2.00 bits per heavy atom. The number of hydrogen-bond donors (Lipinski definition) is 0. The SMILES string of the molecule is CCOC(=O)C(F)I. The van der Waals surface area contributed by atoms with Crippen LogP contribution in [-0.2, 0) is 9.53 Å². The Bertz CT molecular complexity index is 84.1. The summed E-state index contributed by atoms with van der Waals surface area (Å²) >= 11 is 1.35.